The SMILES string of the molecule is CCOC(=O)c1ccc(NCc2cccc(C)c2)c(Br)c1. The number of rotatable bonds is 5. The number of carbonyl (C=O) groups is 1. The standard InChI is InChI=1S/C17H18BrNO2/c1-3-21-17(20)14-7-8-16(15(18)10-14)19-11-13-6-4-5-12(2)9-13/h4-10,19H,3,11H2,1-2H3. The minimum Gasteiger partial charge on any atom is -0.462 e. The number of carbonyl (C=O) groups excluding carboxylic acids is 1. The Bertz CT molecular complexity index is 640. The summed E-state index contributed by atoms with van der Waals surface area (Å²) < 4.78 is 5.83. The van der Waals surface area contributed by atoms with Crippen LogP contribution < -0.4 is 5.32 Å². The van der Waals surface area contributed by atoms with Gasteiger partial charge in [-0.15, -0.1) is 0 Å². The van der Waals surface area contributed by atoms with Crippen LogP contribution in [-0.2, 0) is 11.3 Å². The summed E-state index contributed by atoms with van der Waals surface area (Å²) in [6.45, 7) is 4.99. The second kappa shape index (κ2) is 7.27. The first-order valence-electron chi connectivity index (χ1n) is 6.86. The number of benzene rings is 2. The average Bonchev–Trinajstić information content (AvgIpc) is 2.46. The second-order valence-electron chi connectivity index (χ2n) is 4.76. The normalized spacial score (nSPS) is 10.2. The van der Waals surface area contributed by atoms with E-state index < -0.39 is 0 Å². The van der Waals surface area contributed by atoms with E-state index in [1.54, 1.807) is 19.1 Å². The van der Waals surface area contributed by atoms with Gasteiger partial charge in [-0.2, -0.15) is 0 Å². The summed E-state index contributed by atoms with van der Waals surface area (Å²) in [6.07, 6.45) is 0. The zero-order chi connectivity index (χ0) is 15.2. The molecule has 3 nitrogen and oxygen atoms in total. The lowest BCUT2D eigenvalue weighted by molar-refractivity contribution is 0.0526. The van der Waals surface area contributed by atoms with Crippen molar-refractivity contribution < 1.29 is 9.53 Å². The van der Waals surface area contributed by atoms with Crippen LogP contribution in [0.15, 0.2) is 46.9 Å². The predicted octanol–water partition coefficient (Wildman–Crippen LogP) is 4.55. The van der Waals surface area contributed by atoms with E-state index in [9.17, 15) is 4.79 Å². The molecule has 0 saturated carbocycles. The van der Waals surface area contributed by atoms with E-state index in [4.69, 9.17) is 4.74 Å². The molecule has 0 radical (unpaired) electrons. The fourth-order valence-electron chi connectivity index (χ4n) is 2.02. The maximum atomic E-state index is 11.7. The van der Waals surface area contributed by atoms with Crippen molar-refractivity contribution in [2.24, 2.45) is 0 Å². The van der Waals surface area contributed by atoms with E-state index in [2.05, 4.69) is 46.4 Å². The van der Waals surface area contributed by atoms with Gasteiger partial charge in [-0.25, -0.2) is 4.79 Å². The maximum Gasteiger partial charge on any atom is 0.338 e. The molecule has 21 heavy (non-hydrogen) atoms. The van der Waals surface area contributed by atoms with Gasteiger partial charge in [0.05, 0.1) is 12.2 Å². The monoisotopic (exact) mass is 347 g/mol. The van der Waals surface area contributed by atoms with E-state index in [0.717, 1.165) is 16.7 Å². The Morgan fingerprint density at radius 1 is 1.24 bits per heavy atom. The Balaban J connectivity index is 2.06. The number of hydrogen-bond donors (Lipinski definition) is 1. The van der Waals surface area contributed by atoms with Crippen molar-refractivity contribution in [3.63, 3.8) is 0 Å². The minimum atomic E-state index is -0.302. The maximum absolute atomic E-state index is 11.7. The van der Waals surface area contributed by atoms with Crippen molar-refractivity contribution in [3.8, 4) is 0 Å². The quantitative estimate of drug-likeness (QED) is 0.806. The van der Waals surface area contributed by atoms with Crippen LogP contribution >= 0.6 is 15.9 Å². The highest BCUT2D eigenvalue weighted by atomic mass is 79.9. The highest BCUT2D eigenvalue weighted by Crippen LogP contribution is 2.24. The molecule has 110 valence electrons. The van der Waals surface area contributed by atoms with Gasteiger partial charge in [0.1, 0.15) is 0 Å². The first kappa shape index (κ1) is 15.6. The molecular weight excluding hydrogens is 330 g/mol. The molecular formula is C17H18BrNO2. The summed E-state index contributed by atoms with van der Waals surface area (Å²) in [5.74, 6) is -0.302. The first-order chi connectivity index (χ1) is 10.1. The van der Waals surface area contributed by atoms with Gasteiger partial charge < -0.3 is 10.1 Å². The molecule has 0 heterocycles. The van der Waals surface area contributed by atoms with Crippen LogP contribution in [0, 0.1) is 6.92 Å². The van der Waals surface area contributed by atoms with Crippen LogP contribution in [0.3, 0.4) is 0 Å². The molecule has 0 atom stereocenters. The average molecular weight is 348 g/mol. The van der Waals surface area contributed by atoms with Crippen molar-refractivity contribution in [2.45, 2.75) is 20.4 Å². The number of ether oxygens (including phenoxy) is 1. The van der Waals surface area contributed by atoms with Gasteiger partial charge in [-0.1, -0.05) is 29.8 Å². The zero-order valence-electron chi connectivity index (χ0n) is 12.2. The number of nitrogens with one attached hydrogen (secondary N) is 1. The number of esters is 1. The zero-order valence-corrected chi connectivity index (χ0v) is 13.7. The third kappa shape index (κ3) is 4.33. The van der Waals surface area contributed by atoms with Crippen molar-refractivity contribution in [3.05, 3.63) is 63.6 Å². The highest BCUT2D eigenvalue weighted by Gasteiger charge is 2.09. The molecule has 0 saturated heterocycles. The summed E-state index contributed by atoms with van der Waals surface area (Å²) >= 11 is 3.48. The first-order valence-corrected chi connectivity index (χ1v) is 7.65. The van der Waals surface area contributed by atoms with E-state index >= 15 is 0 Å². The van der Waals surface area contributed by atoms with Gasteiger partial charge in [0.15, 0.2) is 0 Å². The van der Waals surface area contributed by atoms with Crippen LogP contribution in [0.1, 0.15) is 28.4 Å². The summed E-state index contributed by atoms with van der Waals surface area (Å²) in [6, 6.07) is 13.8. The molecule has 0 spiro atoms. The molecule has 0 aromatic heterocycles. The molecule has 0 unspecified atom stereocenters. The Kier molecular flexibility index (Phi) is 5.39. The van der Waals surface area contributed by atoms with Gasteiger partial charge in [0, 0.05) is 16.7 Å². The third-order valence-corrected chi connectivity index (χ3v) is 3.70. The van der Waals surface area contributed by atoms with E-state index in [1.807, 2.05) is 12.1 Å². The van der Waals surface area contributed by atoms with E-state index in [0.29, 0.717) is 12.2 Å². The largest absolute Gasteiger partial charge is 0.462 e. The lowest BCUT2D eigenvalue weighted by atomic mass is 10.1. The molecule has 0 fully saturated rings. The van der Waals surface area contributed by atoms with Gasteiger partial charge >= 0.3 is 5.97 Å². The summed E-state index contributed by atoms with van der Waals surface area (Å²) in [7, 11) is 0. The van der Waals surface area contributed by atoms with Gasteiger partial charge in [-0.3, -0.25) is 0 Å². The van der Waals surface area contributed by atoms with Crippen LogP contribution in [0.25, 0.3) is 0 Å². The fourth-order valence-corrected chi connectivity index (χ4v) is 2.54. The van der Waals surface area contributed by atoms with Crippen LogP contribution in [0.2, 0.25) is 0 Å². The Labute approximate surface area is 133 Å². The number of anilines is 1. The molecule has 0 aliphatic rings. The lowest BCUT2D eigenvalue weighted by Gasteiger charge is -2.10. The lowest BCUT2D eigenvalue weighted by Crippen LogP contribution is -2.06. The highest BCUT2D eigenvalue weighted by molar-refractivity contribution is 9.10. The van der Waals surface area contributed by atoms with E-state index in [-0.39, 0.29) is 5.97 Å². The molecule has 2 rings (SSSR count). The Hall–Kier alpha value is -1.81. The fraction of sp³-hybridized carbons (Fsp3) is 0.235. The number of halogens is 1. The number of hydrogen-bond acceptors (Lipinski definition) is 3. The molecule has 2 aromatic carbocycles. The molecule has 0 aliphatic carbocycles. The van der Waals surface area contributed by atoms with Crippen molar-refractivity contribution in [1.82, 2.24) is 0 Å². The molecule has 0 aliphatic heterocycles. The van der Waals surface area contributed by atoms with Crippen molar-refractivity contribution >= 4 is 27.6 Å². The molecule has 1 N–H and O–H groups in total. The summed E-state index contributed by atoms with van der Waals surface area (Å²) in [5.41, 5.74) is 3.96. The minimum absolute atomic E-state index is 0.302. The van der Waals surface area contributed by atoms with E-state index in [1.165, 1.54) is 11.1 Å². The molecule has 0 amide bonds. The van der Waals surface area contributed by atoms with Crippen LogP contribution in [0.5, 0.6) is 0 Å². The van der Waals surface area contributed by atoms with Crippen LogP contribution in [-0.4, -0.2) is 12.6 Å². The summed E-state index contributed by atoms with van der Waals surface area (Å²) in [5, 5.41) is 3.36. The Morgan fingerprint density at radius 2 is 2.05 bits per heavy atom. The summed E-state index contributed by atoms with van der Waals surface area (Å²) in [4.78, 5) is 11.7. The topological polar surface area (TPSA) is 38.3 Å². The smallest absolute Gasteiger partial charge is 0.338 e. The van der Waals surface area contributed by atoms with Crippen molar-refractivity contribution in [1.29, 1.82) is 0 Å². The number of aryl methyl sites for hydroxylation is 1. The predicted molar refractivity (Wildman–Crippen MR) is 88.6 cm³/mol. The van der Waals surface area contributed by atoms with Gasteiger partial charge in [0.25, 0.3) is 0 Å². The van der Waals surface area contributed by atoms with Crippen molar-refractivity contribution in [2.75, 3.05) is 11.9 Å². The Morgan fingerprint density at radius 3 is 2.71 bits per heavy atom. The second-order valence-corrected chi connectivity index (χ2v) is 5.61. The van der Waals surface area contributed by atoms with Gasteiger partial charge in [-0.05, 0) is 53.5 Å². The van der Waals surface area contributed by atoms with Crippen LogP contribution in [0.4, 0.5) is 5.69 Å². The molecule has 0 bridgehead atoms. The van der Waals surface area contributed by atoms with Gasteiger partial charge in [0.2, 0.25) is 0 Å². The molecule has 2 aromatic rings. The third-order valence-electron chi connectivity index (χ3n) is 3.05. The molecule has 4 heteroatoms.